The van der Waals surface area contributed by atoms with Crippen LogP contribution in [0.5, 0.6) is 0 Å². The van der Waals surface area contributed by atoms with Gasteiger partial charge in [-0.2, -0.15) is 0 Å². The Hall–Kier alpha value is -3.09. The Morgan fingerprint density at radius 2 is 1.27 bits per heavy atom. The van der Waals surface area contributed by atoms with E-state index in [4.69, 9.17) is 0 Å². The van der Waals surface area contributed by atoms with Crippen molar-refractivity contribution in [3.8, 4) is 0 Å². The molecule has 2 saturated heterocycles. The molecule has 4 nitrogen and oxygen atoms in total. The zero-order valence-corrected chi connectivity index (χ0v) is 16.3. The number of hydrogen-bond acceptors (Lipinski definition) is 3. The highest BCUT2D eigenvalue weighted by Crippen LogP contribution is 2.48. The first-order valence-corrected chi connectivity index (χ1v) is 9.94. The fourth-order valence-corrected chi connectivity index (χ4v) is 4.61. The van der Waals surface area contributed by atoms with Gasteiger partial charge in [0.15, 0.2) is 0 Å². The molecular formula is C24H21F2N3O. The number of hydrogen-bond donors (Lipinski definition) is 2. The summed E-state index contributed by atoms with van der Waals surface area (Å²) in [6, 6.07) is 19.5. The smallest absolute Gasteiger partial charge is 0.246 e. The number of benzene rings is 3. The molecule has 2 aliphatic rings. The molecule has 6 heteroatoms. The lowest BCUT2D eigenvalue weighted by atomic mass is 9.83. The summed E-state index contributed by atoms with van der Waals surface area (Å²) < 4.78 is 27.1. The van der Waals surface area contributed by atoms with E-state index in [0.29, 0.717) is 5.69 Å². The Morgan fingerprint density at radius 1 is 0.733 bits per heavy atom. The number of fused-ring (bicyclic) bond motifs is 1. The third-order valence-corrected chi connectivity index (χ3v) is 6.06. The van der Waals surface area contributed by atoms with E-state index in [1.807, 2.05) is 19.1 Å². The Morgan fingerprint density at radius 3 is 1.90 bits per heavy atom. The van der Waals surface area contributed by atoms with Crippen molar-refractivity contribution in [3.63, 3.8) is 0 Å². The van der Waals surface area contributed by atoms with Crippen molar-refractivity contribution < 1.29 is 13.6 Å². The summed E-state index contributed by atoms with van der Waals surface area (Å²) in [4.78, 5) is 15.1. The minimum absolute atomic E-state index is 0.0944. The monoisotopic (exact) mass is 405 g/mol. The van der Waals surface area contributed by atoms with Gasteiger partial charge in [-0.25, -0.2) is 19.6 Å². The molecule has 152 valence electrons. The molecule has 2 heterocycles. The minimum atomic E-state index is -0.448. The minimum Gasteiger partial charge on any atom is -0.303 e. The Balaban J connectivity index is 1.62. The van der Waals surface area contributed by atoms with Crippen LogP contribution in [-0.2, 0) is 4.79 Å². The highest BCUT2D eigenvalue weighted by molar-refractivity contribution is 6.01. The van der Waals surface area contributed by atoms with Crippen LogP contribution in [0.25, 0.3) is 0 Å². The van der Waals surface area contributed by atoms with E-state index in [0.717, 1.165) is 16.7 Å². The molecule has 4 unspecified atom stereocenters. The van der Waals surface area contributed by atoms with Crippen LogP contribution in [0.3, 0.4) is 0 Å². The van der Waals surface area contributed by atoms with E-state index in [-0.39, 0.29) is 35.5 Å². The van der Waals surface area contributed by atoms with Crippen molar-refractivity contribution in [2.45, 2.75) is 25.0 Å². The predicted octanol–water partition coefficient (Wildman–Crippen LogP) is 4.20. The lowest BCUT2D eigenvalue weighted by molar-refractivity contribution is -0.119. The van der Waals surface area contributed by atoms with Gasteiger partial charge >= 0.3 is 0 Å². The van der Waals surface area contributed by atoms with E-state index >= 15 is 0 Å². The number of aryl methyl sites for hydroxylation is 1. The number of amides is 1. The fourth-order valence-electron chi connectivity index (χ4n) is 4.61. The summed E-state index contributed by atoms with van der Waals surface area (Å²) in [6.45, 7) is 2.03. The molecule has 2 N–H and O–H groups in total. The molecule has 2 aliphatic heterocycles. The number of nitrogens with zero attached hydrogens (tertiary/aromatic N) is 1. The fraction of sp³-hybridized carbons (Fsp3) is 0.208. The zero-order valence-electron chi connectivity index (χ0n) is 16.3. The first-order valence-electron chi connectivity index (χ1n) is 9.94. The average molecular weight is 405 g/mol. The van der Waals surface area contributed by atoms with Gasteiger partial charge in [-0.3, -0.25) is 4.79 Å². The molecule has 3 aromatic carbocycles. The Bertz CT molecular complexity index is 1070. The largest absolute Gasteiger partial charge is 0.303 e. The van der Waals surface area contributed by atoms with Crippen molar-refractivity contribution in [3.05, 3.63) is 101 Å². The second-order valence-corrected chi connectivity index (χ2v) is 7.91. The molecule has 4 atom stereocenters. The number of rotatable bonds is 3. The summed E-state index contributed by atoms with van der Waals surface area (Å²) >= 11 is 0. The SMILES string of the molecule is Cc1ccc(C2NNC3C(=O)N(c4ccc(F)cc4)C(c4ccc(F)cc4)C32)cc1. The summed E-state index contributed by atoms with van der Waals surface area (Å²) in [6.07, 6.45) is 0. The van der Waals surface area contributed by atoms with Crippen LogP contribution in [0.4, 0.5) is 14.5 Å². The van der Waals surface area contributed by atoms with Gasteiger partial charge < -0.3 is 4.90 Å². The summed E-state index contributed by atoms with van der Waals surface area (Å²) in [5, 5.41) is 0. The van der Waals surface area contributed by atoms with E-state index in [1.165, 1.54) is 24.3 Å². The molecule has 5 rings (SSSR count). The second kappa shape index (κ2) is 7.31. The number of halogens is 2. The summed E-state index contributed by atoms with van der Waals surface area (Å²) in [7, 11) is 0. The van der Waals surface area contributed by atoms with Crippen molar-refractivity contribution in [1.82, 2.24) is 10.9 Å². The molecule has 3 aromatic rings. The average Bonchev–Trinajstić information content (AvgIpc) is 3.29. The number of carbonyl (C=O) groups is 1. The van der Waals surface area contributed by atoms with E-state index in [2.05, 4.69) is 23.0 Å². The molecule has 0 radical (unpaired) electrons. The summed E-state index contributed by atoms with van der Waals surface area (Å²) in [5.74, 6) is -0.911. The van der Waals surface area contributed by atoms with Gasteiger partial charge in [0.1, 0.15) is 17.7 Å². The van der Waals surface area contributed by atoms with Crippen LogP contribution in [0.2, 0.25) is 0 Å². The van der Waals surface area contributed by atoms with Gasteiger partial charge in [-0.05, 0) is 54.4 Å². The van der Waals surface area contributed by atoms with Crippen LogP contribution in [0, 0.1) is 24.5 Å². The highest BCUT2D eigenvalue weighted by atomic mass is 19.1. The first kappa shape index (κ1) is 18.9. The van der Waals surface area contributed by atoms with Crippen LogP contribution in [-0.4, -0.2) is 11.9 Å². The lowest BCUT2D eigenvalue weighted by Gasteiger charge is -2.31. The Kier molecular flexibility index (Phi) is 4.60. The van der Waals surface area contributed by atoms with E-state index in [9.17, 15) is 13.6 Å². The number of anilines is 1. The predicted molar refractivity (Wildman–Crippen MR) is 110 cm³/mol. The number of hydrazine groups is 1. The van der Waals surface area contributed by atoms with Crippen LogP contribution in [0.15, 0.2) is 72.8 Å². The maximum absolute atomic E-state index is 13.6. The van der Waals surface area contributed by atoms with Crippen molar-refractivity contribution >= 4 is 11.6 Å². The number of nitrogens with one attached hydrogen (secondary N) is 2. The van der Waals surface area contributed by atoms with Gasteiger partial charge in [-0.1, -0.05) is 42.0 Å². The van der Waals surface area contributed by atoms with Gasteiger partial charge in [0, 0.05) is 11.6 Å². The molecular weight excluding hydrogens is 384 g/mol. The second-order valence-electron chi connectivity index (χ2n) is 7.91. The molecule has 0 aromatic heterocycles. The van der Waals surface area contributed by atoms with Crippen LogP contribution < -0.4 is 15.8 Å². The maximum Gasteiger partial charge on any atom is 0.246 e. The standard InChI is InChI=1S/C24H21F2N3O/c1-14-2-4-15(5-3-14)21-20-22(28-27-21)24(30)29(19-12-10-18(26)11-13-19)23(20)16-6-8-17(25)9-7-16/h2-13,20-23,27-28H,1H3. The molecule has 0 saturated carbocycles. The first-order chi connectivity index (χ1) is 14.5. The van der Waals surface area contributed by atoms with Crippen LogP contribution in [0.1, 0.15) is 28.8 Å². The molecule has 0 bridgehead atoms. The van der Waals surface area contributed by atoms with Crippen molar-refractivity contribution in [2.24, 2.45) is 5.92 Å². The topological polar surface area (TPSA) is 44.4 Å². The quantitative estimate of drug-likeness (QED) is 0.687. The van der Waals surface area contributed by atoms with Crippen molar-refractivity contribution in [2.75, 3.05) is 4.90 Å². The van der Waals surface area contributed by atoms with E-state index < -0.39 is 6.04 Å². The molecule has 1 amide bonds. The molecule has 2 fully saturated rings. The normalized spacial score (nSPS) is 25.6. The third-order valence-electron chi connectivity index (χ3n) is 6.06. The van der Waals surface area contributed by atoms with Gasteiger partial charge in [0.25, 0.3) is 0 Å². The van der Waals surface area contributed by atoms with E-state index in [1.54, 1.807) is 29.2 Å². The lowest BCUT2D eigenvalue weighted by Crippen LogP contribution is -2.41. The molecule has 0 spiro atoms. The molecule has 30 heavy (non-hydrogen) atoms. The number of carbonyl (C=O) groups excluding carboxylic acids is 1. The van der Waals surface area contributed by atoms with Gasteiger partial charge in [0.2, 0.25) is 5.91 Å². The summed E-state index contributed by atoms with van der Waals surface area (Å²) in [5.41, 5.74) is 10.1. The Labute approximate surface area is 173 Å². The maximum atomic E-state index is 13.6. The van der Waals surface area contributed by atoms with Gasteiger partial charge in [0.05, 0.1) is 12.1 Å². The van der Waals surface area contributed by atoms with Gasteiger partial charge in [-0.15, -0.1) is 0 Å². The van der Waals surface area contributed by atoms with Crippen molar-refractivity contribution in [1.29, 1.82) is 0 Å². The zero-order chi connectivity index (χ0) is 20.8. The third kappa shape index (κ3) is 3.09. The highest BCUT2D eigenvalue weighted by Gasteiger charge is 2.55. The van der Waals surface area contributed by atoms with Crippen LogP contribution >= 0.6 is 0 Å². The molecule has 0 aliphatic carbocycles.